The molecular formula is C15H22N2O. The zero-order valence-corrected chi connectivity index (χ0v) is 11.8. The first-order valence-corrected chi connectivity index (χ1v) is 6.18. The molecule has 0 fully saturated rings. The molecule has 0 aliphatic carbocycles. The Kier molecular flexibility index (Phi) is 4.37. The van der Waals surface area contributed by atoms with E-state index in [-0.39, 0.29) is 6.04 Å². The van der Waals surface area contributed by atoms with E-state index in [9.17, 15) is 0 Å². The maximum atomic E-state index is 9.16. The van der Waals surface area contributed by atoms with Crippen LogP contribution in [0.4, 0.5) is 0 Å². The largest absolute Gasteiger partial charge is 0.496 e. The van der Waals surface area contributed by atoms with Gasteiger partial charge in [-0.15, -0.1) is 0 Å². The number of benzene rings is 1. The maximum Gasteiger partial charge on any atom is 0.123 e. The van der Waals surface area contributed by atoms with Crippen LogP contribution in [0, 0.1) is 16.7 Å². The fraction of sp³-hybridized carbons (Fsp3) is 0.533. The summed E-state index contributed by atoms with van der Waals surface area (Å²) in [7, 11) is 1.63. The van der Waals surface area contributed by atoms with E-state index in [1.54, 1.807) is 7.11 Å². The Balaban J connectivity index is 3.22. The van der Waals surface area contributed by atoms with Crippen molar-refractivity contribution in [3.05, 3.63) is 29.3 Å². The second kappa shape index (κ2) is 5.41. The predicted octanol–water partition coefficient (Wildman–Crippen LogP) is 3.37. The number of nitriles is 1. The molecule has 3 heteroatoms. The Hall–Kier alpha value is -1.53. The highest BCUT2D eigenvalue weighted by molar-refractivity contribution is 5.42. The Morgan fingerprint density at radius 2 is 1.94 bits per heavy atom. The van der Waals surface area contributed by atoms with Crippen molar-refractivity contribution < 1.29 is 4.74 Å². The minimum Gasteiger partial charge on any atom is -0.496 e. The first kappa shape index (κ1) is 14.5. The number of nitrogens with two attached hydrogens (primary N) is 1. The molecule has 0 saturated carbocycles. The van der Waals surface area contributed by atoms with Crippen LogP contribution in [0.1, 0.15) is 50.8 Å². The Labute approximate surface area is 110 Å². The van der Waals surface area contributed by atoms with Crippen LogP contribution in [0.3, 0.4) is 0 Å². The summed E-state index contributed by atoms with van der Waals surface area (Å²) in [6.45, 7) is 7.95. The molecule has 0 aliphatic heterocycles. The smallest absolute Gasteiger partial charge is 0.123 e. The van der Waals surface area contributed by atoms with Crippen molar-refractivity contribution in [2.24, 2.45) is 11.1 Å². The molecule has 0 saturated heterocycles. The number of nitrogens with zero attached hydrogens (tertiary/aromatic N) is 1. The number of hydrogen-bond donors (Lipinski definition) is 1. The van der Waals surface area contributed by atoms with Crippen molar-refractivity contribution in [2.45, 2.75) is 39.7 Å². The quantitative estimate of drug-likeness (QED) is 0.886. The van der Waals surface area contributed by atoms with Gasteiger partial charge in [0.15, 0.2) is 0 Å². The molecule has 0 bridgehead atoms. The molecule has 0 heterocycles. The van der Waals surface area contributed by atoms with E-state index in [2.05, 4.69) is 26.0 Å². The molecule has 0 radical (unpaired) electrons. The highest BCUT2D eigenvalue weighted by Gasteiger charge is 2.29. The molecule has 1 rings (SSSR count). The van der Waals surface area contributed by atoms with E-state index in [0.29, 0.717) is 5.92 Å². The van der Waals surface area contributed by atoms with E-state index in [1.807, 2.05) is 26.0 Å². The van der Waals surface area contributed by atoms with Gasteiger partial charge in [-0.1, -0.05) is 26.0 Å². The lowest BCUT2D eigenvalue weighted by Gasteiger charge is -2.26. The van der Waals surface area contributed by atoms with Crippen molar-refractivity contribution in [1.82, 2.24) is 0 Å². The van der Waals surface area contributed by atoms with Gasteiger partial charge in [-0.3, -0.25) is 0 Å². The third kappa shape index (κ3) is 2.83. The minimum absolute atomic E-state index is 0.362. The fourth-order valence-electron chi connectivity index (χ4n) is 1.80. The monoisotopic (exact) mass is 246 g/mol. The SMILES string of the molecule is COc1cc(C(C)C)ccc1C(N)C(C)(C)C#N. The fourth-order valence-corrected chi connectivity index (χ4v) is 1.80. The standard InChI is InChI=1S/C15H22N2O/c1-10(2)11-6-7-12(13(8-11)18-5)14(17)15(3,4)9-16/h6-8,10,14H,17H2,1-5H3. The maximum absolute atomic E-state index is 9.16. The normalized spacial score (nSPS) is 13.2. The molecule has 98 valence electrons. The third-order valence-corrected chi connectivity index (χ3v) is 3.32. The molecule has 1 unspecified atom stereocenters. The van der Waals surface area contributed by atoms with Crippen molar-refractivity contribution in [1.29, 1.82) is 5.26 Å². The summed E-state index contributed by atoms with van der Waals surface area (Å²) in [6, 6.07) is 7.91. The highest BCUT2D eigenvalue weighted by atomic mass is 16.5. The summed E-state index contributed by atoms with van der Waals surface area (Å²) >= 11 is 0. The van der Waals surface area contributed by atoms with Gasteiger partial charge in [0.2, 0.25) is 0 Å². The van der Waals surface area contributed by atoms with Crippen LogP contribution in [0.25, 0.3) is 0 Å². The van der Waals surface area contributed by atoms with Gasteiger partial charge in [0.05, 0.1) is 24.6 Å². The Morgan fingerprint density at radius 3 is 2.39 bits per heavy atom. The van der Waals surface area contributed by atoms with Gasteiger partial charge in [-0.05, 0) is 31.4 Å². The molecular weight excluding hydrogens is 224 g/mol. The van der Waals surface area contributed by atoms with Gasteiger partial charge in [-0.2, -0.15) is 5.26 Å². The zero-order chi connectivity index (χ0) is 13.9. The van der Waals surface area contributed by atoms with E-state index >= 15 is 0 Å². The minimum atomic E-state index is -0.618. The van der Waals surface area contributed by atoms with E-state index in [4.69, 9.17) is 15.7 Å². The Morgan fingerprint density at radius 1 is 1.33 bits per heavy atom. The van der Waals surface area contributed by atoms with Crippen LogP contribution in [-0.2, 0) is 0 Å². The average Bonchev–Trinajstić information content (AvgIpc) is 2.36. The average molecular weight is 246 g/mol. The first-order chi connectivity index (χ1) is 8.33. The lowest BCUT2D eigenvalue weighted by Crippen LogP contribution is -2.28. The van der Waals surface area contributed by atoms with Gasteiger partial charge >= 0.3 is 0 Å². The summed E-state index contributed by atoms with van der Waals surface area (Å²) in [5.41, 5.74) is 7.65. The van der Waals surface area contributed by atoms with Crippen LogP contribution < -0.4 is 10.5 Å². The summed E-state index contributed by atoms with van der Waals surface area (Å²) in [4.78, 5) is 0. The molecule has 0 spiro atoms. The Bertz CT molecular complexity index is 458. The molecule has 1 aromatic carbocycles. The second-order valence-electron chi connectivity index (χ2n) is 5.47. The second-order valence-corrected chi connectivity index (χ2v) is 5.47. The molecule has 1 atom stereocenters. The highest BCUT2D eigenvalue weighted by Crippen LogP contribution is 2.36. The lowest BCUT2D eigenvalue weighted by molar-refractivity contribution is 0.362. The first-order valence-electron chi connectivity index (χ1n) is 6.18. The summed E-state index contributed by atoms with van der Waals surface area (Å²) in [5, 5.41) is 9.16. The molecule has 2 N–H and O–H groups in total. The molecule has 3 nitrogen and oxygen atoms in total. The van der Waals surface area contributed by atoms with Gasteiger partial charge in [0.1, 0.15) is 5.75 Å². The van der Waals surface area contributed by atoms with E-state index in [1.165, 1.54) is 5.56 Å². The van der Waals surface area contributed by atoms with E-state index in [0.717, 1.165) is 11.3 Å². The van der Waals surface area contributed by atoms with Gasteiger partial charge in [0, 0.05) is 5.56 Å². The van der Waals surface area contributed by atoms with Gasteiger partial charge < -0.3 is 10.5 Å². The third-order valence-electron chi connectivity index (χ3n) is 3.32. The zero-order valence-electron chi connectivity index (χ0n) is 11.8. The summed E-state index contributed by atoms with van der Waals surface area (Å²) in [5.74, 6) is 1.20. The van der Waals surface area contributed by atoms with Crippen LogP contribution in [-0.4, -0.2) is 7.11 Å². The van der Waals surface area contributed by atoms with Crippen LogP contribution >= 0.6 is 0 Å². The van der Waals surface area contributed by atoms with Gasteiger partial charge in [0.25, 0.3) is 0 Å². The summed E-state index contributed by atoms with van der Waals surface area (Å²) in [6.07, 6.45) is 0. The van der Waals surface area contributed by atoms with Crippen molar-refractivity contribution >= 4 is 0 Å². The van der Waals surface area contributed by atoms with Crippen molar-refractivity contribution in [2.75, 3.05) is 7.11 Å². The molecule has 0 aromatic heterocycles. The number of rotatable bonds is 4. The van der Waals surface area contributed by atoms with Gasteiger partial charge in [-0.25, -0.2) is 0 Å². The molecule has 1 aromatic rings. The molecule has 0 aliphatic rings. The van der Waals surface area contributed by atoms with Crippen molar-refractivity contribution in [3.63, 3.8) is 0 Å². The lowest BCUT2D eigenvalue weighted by atomic mass is 9.81. The number of ether oxygens (including phenoxy) is 1. The molecule has 18 heavy (non-hydrogen) atoms. The predicted molar refractivity (Wildman–Crippen MR) is 73.4 cm³/mol. The number of hydrogen-bond acceptors (Lipinski definition) is 3. The topological polar surface area (TPSA) is 59.0 Å². The summed E-state index contributed by atoms with van der Waals surface area (Å²) < 4.78 is 5.41. The van der Waals surface area contributed by atoms with Crippen LogP contribution in [0.15, 0.2) is 18.2 Å². The van der Waals surface area contributed by atoms with Crippen LogP contribution in [0.2, 0.25) is 0 Å². The number of methoxy groups -OCH3 is 1. The van der Waals surface area contributed by atoms with Crippen molar-refractivity contribution in [3.8, 4) is 11.8 Å². The van der Waals surface area contributed by atoms with E-state index < -0.39 is 5.41 Å². The van der Waals surface area contributed by atoms with Crippen LogP contribution in [0.5, 0.6) is 5.75 Å². The molecule has 0 amide bonds.